The fourth-order valence-electron chi connectivity index (χ4n) is 1.68. The number of nitrogens with zero attached hydrogens (tertiary/aromatic N) is 1. The topological polar surface area (TPSA) is 89.3 Å². The SMILES string of the molecule is Cc1ccsc1CNS(=O)(=O)c1cc(Br)ccc1[N+](=O)[O-]. The smallest absolute Gasteiger partial charge is 0.258 e. The number of nitro groups is 1. The summed E-state index contributed by atoms with van der Waals surface area (Å²) in [6, 6.07) is 5.70. The average Bonchev–Trinajstić information content (AvgIpc) is 2.81. The molecule has 21 heavy (non-hydrogen) atoms. The van der Waals surface area contributed by atoms with Crippen LogP contribution in [0.4, 0.5) is 5.69 Å². The van der Waals surface area contributed by atoms with E-state index in [1.165, 1.54) is 23.5 Å². The maximum atomic E-state index is 12.3. The molecule has 6 nitrogen and oxygen atoms in total. The summed E-state index contributed by atoms with van der Waals surface area (Å²) in [5.41, 5.74) is 0.528. The highest BCUT2D eigenvalue weighted by molar-refractivity contribution is 9.10. The molecule has 1 N–H and O–H groups in total. The first-order chi connectivity index (χ1) is 9.81. The average molecular weight is 391 g/mol. The normalized spacial score (nSPS) is 11.5. The zero-order valence-electron chi connectivity index (χ0n) is 10.9. The number of thiophene rings is 1. The number of hydrogen-bond donors (Lipinski definition) is 1. The number of benzene rings is 1. The summed E-state index contributed by atoms with van der Waals surface area (Å²) in [5.74, 6) is 0. The van der Waals surface area contributed by atoms with E-state index in [2.05, 4.69) is 20.7 Å². The quantitative estimate of drug-likeness (QED) is 0.626. The number of hydrogen-bond acceptors (Lipinski definition) is 5. The molecule has 0 aliphatic rings. The van der Waals surface area contributed by atoms with E-state index < -0.39 is 20.6 Å². The van der Waals surface area contributed by atoms with Gasteiger partial charge >= 0.3 is 0 Å². The molecular weight excluding hydrogens is 380 g/mol. The van der Waals surface area contributed by atoms with Crippen molar-refractivity contribution in [3.63, 3.8) is 0 Å². The lowest BCUT2D eigenvalue weighted by molar-refractivity contribution is -0.387. The van der Waals surface area contributed by atoms with Gasteiger partial charge in [-0.2, -0.15) is 0 Å². The summed E-state index contributed by atoms with van der Waals surface area (Å²) >= 11 is 4.56. The molecule has 0 amide bonds. The molecule has 0 saturated heterocycles. The van der Waals surface area contributed by atoms with Gasteiger partial charge in [0.25, 0.3) is 5.69 Å². The van der Waals surface area contributed by atoms with E-state index in [4.69, 9.17) is 0 Å². The molecule has 2 aromatic rings. The standard InChI is InChI=1S/C12H11BrN2O4S2/c1-8-4-5-20-11(8)7-14-21(18,19)12-6-9(13)2-3-10(12)15(16)17/h2-6,14H,7H2,1H3. The van der Waals surface area contributed by atoms with Gasteiger partial charge in [0.15, 0.2) is 4.90 Å². The first-order valence-corrected chi connectivity index (χ1v) is 8.93. The molecule has 1 aromatic carbocycles. The van der Waals surface area contributed by atoms with Crippen molar-refractivity contribution in [2.24, 2.45) is 0 Å². The number of nitro benzene ring substituents is 1. The predicted molar refractivity (Wildman–Crippen MR) is 83.9 cm³/mol. The van der Waals surface area contributed by atoms with Crippen molar-refractivity contribution in [3.05, 3.63) is 54.7 Å². The van der Waals surface area contributed by atoms with Crippen LogP contribution in [0, 0.1) is 17.0 Å². The molecule has 1 heterocycles. The third kappa shape index (κ3) is 3.67. The molecular formula is C12H11BrN2O4S2. The number of halogens is 1. The van der Waals surface area contributed by atoms with Crippen LogP contribution in [-0.4, -0.2) is 13.3 Å². The molecule has 112 valence electrons. The van der Waals surface area contributed by atoms with Gasteiger partial charge in [-0.15, -0.1) is 11.3 Å². The van der Waals surface area contributed by atoms with Crippen LogP contribution in [0.2, 0.25) is 0 Å². The van der Waals surface area contributed by atoms with Crippen LogP contribution in [0.25, 0.3) is 0 Å². The van der Waals surface area contributed by atoms with Crippen LogP contribution in [0.3, 0.4) is 0 Å². The van der Waals surface area contributed by atoms with Gasteiger partial charge < -0.3 is 0 Å². The van der Waals surface area contributed by atoms with E-state index in [9.17, 15) is 18.5 Å². The highest BCUT2D eigenvalue weighted by Crippen LogP contribution is 2.27. The Kier molecular flexibility index (Phi) is 4.77. The highest BCUT2D eigenvalue weighted by atomic mass is 79.9. The number of aryl methyl sites for hydroxylation is 1. The van der Waals surface area contributed by atoms with Crippen molar-refractivity contribution in [1.82, 2.24) is 4.72 Å². The summed E-state index contributed by atoms with van der Waals surface area (Å²) in [7, 11) is -3.97. The molecule has 0 unspecified atom stereocenters. The van der Waals surface area contributed by atoms with Crippen molar-refractivity contribution in [2.75, 3.05) is 0 Å². The largest absolute Gasteiger partial charge is 0.289 e. The predicted octanol–water partition coefficient (Wildman–Crippen LogP) is 3.21. The number of nitrogens with one attached hydrogen (secondary N) is 1. The summed E-state index contributed by atoms with van der Waals surface area (Å²) in [5, 5.41) is 12.8. The molecule has 0 saturated carbocycles. The van der Waals surface area contributed by atoms with Crippen molar-refractivity contribution < 1.29 is 13.3 Å². The molecule has 0 aliphatic heterocycles. The minimum Gasteiger partial charge on any atom is -0.258 e. The Balaban J connectivity index is 2.33. The van der Waals surface area contributed by atoms with Crippen LogP contribution in [0.5, 0.6) is 0 Å². The fourth-order valence-corrected chi connectivity index (χ4v) is 4.32. The molecule has 0 atom stereocenters. The Morgan fingerprint density at radius 3 is 2.67 bits per heavy atom. The van der Waals surface area contributed by atoms with Crippen LogP contribution in [-0.2, 0) is 16.6 Å². The van der Waals surface area contributed by atoms with E-state index in [0.717, 1.165) is 16.5 Å². The Hall–Kier alpha value is -1.29. The molecule has 0 fully saturated rings. The molecule has 0 aliphatic carbocycles. The number of sulfonamides is 1. The summed E-state index contributed by atoms with van der Waals surface area (Å²) in [6.07, 6.45) is 0. The third-order valence-electron chi connectivity index (χ3n) is 2.80. The monoisotopic (exact) mass is 390 g/mol. The lowest BCUT2D eigenvalue weighted by Gasteiger charge is -2.07. The molecule has 1 aromatic heterocycles. The maximum absolute atomic E-state index is 12.3. The Morgan fingerprint density at radius 2 is 2.10 bits per heavy atom. The second-order valence-electron chi connectivity index (χ2n) is 4.22. The third-order valence-corrected chi connectivity index (χ3v) is 5.75. The van der Waals surface area contributed by atoms with Gasteiger partial charge in [-0.05, 0) is 36.1 Å². The second kappa shape index (κ2) is 6.22. The molecule has 0 radical (unpaired) electrons. The van der Waals surface area contributed by atoms with E-state index in [0.29, 0.717) is 4.47 Å². The van der Waals surface area contributed by atoms with Crippen molar-refractivity contribution in [3.8, 4) is 0 Å². The molecule has 9 heteroatoms. The highest BCUT2D eigenvalue weighted by Gasteiger charge is 2.26. The van der Waals surface area contributed by atoms with E-state index in [1.807, 2.05) is 18.4 Å². The van der Waals surface area contributed by atoms with Crippen LogP contribution >= 0.6 is 27.3 Å². The van der Waals surface area contributed by atoms with Gasteiger partial charge in [-0.3, -0.25) is 10.1 Å². The molecule has 0 spiro atoms. The lowest BCUT2D eigenvalue weighted by atomic mass is 10.3. The van der Waals surface area contributed by atoms with Crippen molar-refractivity contribution in [1.29, 1.82) is 0 Å². The van der Waals surface area contributed by atoms with Gasteiger partial charge in [-0.25, -0.2) is 13.1 Å². The summed E-state index contributed by atoms with van der Waals surface area (Å²) in [4.78, 5) is 10.8. The first kappa shape index (κ1) is 16.1. The van der Waals surface area contributed by atoms with Crippen LogP contribution < -0.4 is 4.72 Å². The van der Waals surface area contributed by atoms with Gasteiger partial charge in [0.05, 0.1) is 4.92 Å². The molecule has 0 bridgehead atoms. The van der Waals surface area contributed by atoms with Crippen molar-refractivity contribution >= 4 is 43.0 Å². The lowest BCUT2D eigenvalue weighted by Crippen LogP contribution is -2.24. The van der Waals surface area contributed by atoms with Crippen LogP contribution in [0.15, 0.2) is 39.0 Å². The van der Waals surface area contributed by atoms with Crippen molar-refractivity contribution in [2.45, 2.75) is 18.4 Å². The fraction of sp³-hybridized carbons (Fsp3) is 0.167. The van der Waals surface area contributed by atoms with Gasteiger partial charge in [0.1, 0.15) is 0 Å². The first-order valence-electron chi connectivity index (χ1n) is 5.78. The van der Waals surface area contributed by atoms with E-state index in [1.54, 1.807) is 0 Å². The number of rotatable bonds is 5. The minimum absolute atomic E-state index is 0.107. The summed E-state index contributed by atoms with van der Waals surface area (Å²) < 4.78 is 27.4. The maximum Gasteiger partial charge on any atom is 0.289 e. The summed E-state index contributed by atoms with van der Waals surface area (Å²) in [6.45, 7) is 1.98. The Labute approximate surface area is 134 Å². The van der Waals surface area contributed by atoms with Crippen LogP contribution in [0.1, 0.15) is 10.4 Å². The van der Waals surface area contributed by atoms with Gasteiger partial charge in [0.2, 0.25) is 10.0 Å². The van der Waals surface area contributed by atoms with Gasteiger partial charge in [0, 0.05) is 22.0 Å². The van der Waals surface area contributed by atoms with Gasteiger partial charge in [-0.1, -0.05) is 15.9 Å². The second-order valence-corrected chi connectivity index (χ2v) is 7.87. The zero-order chi connectivity index (χ0) is 15.6. The molecule has 2 rings (SSSR count). The Morgan fingerprint density at radius 1 is 1.38 bits per heavy atom. The Bertz CT molecular complexity index is 786. The minimum atomic E-state index is -3.97. The zero-order valence-corrected chi connectivity index (χ0v) is 14.1. The van der Waals surface area contributed by atoms with E-state index in [-0.39, 0.29) is 11.4 Å². The van der Waals surface area contributed by atoms with E-state index >= 15 is 0 Å².